The number of carbonyl (C=O) groups excluding carboxylic acids is 1. The maximum atomic E-state index is 12.4. The summed E-state index contributed by atoms with van der Waals surface area (Å²) in [5.41, 5.74) is 2.35. The maximum Gasteiger partial charge on any atom is 0.269 e. The molecule has 0 aliphatic carbocycles. The molecule has 4 aromatic rings. The number of nitrogens with zero attached hydrogens (tertiary/aromatic N) is 4. The molecule has 8 heteroatoms. The highest BCUT2D eigenvalue weighted by Crippen LogP contribution is 2.24. The highest BCUT2D eigenvalue weighted by Gasteiger charge is 2.15. The zero-order valence-corrected chi connectivity index (χ0v) is 14.7. The minimum Gasteiger partial charge on any atom is -0.349 e. The van der Waals surface area contributed by atoms with Crippen LogP contribution < -0.4 is 5.32 Å². The number of imidazole rings is 1. The van der Waals surface area contributed by atoms with Gasteiger partial charge in [-0.3, -0.25) is 13.9 Å². The molecule has 1 amide bonds. The first-order valence-electron chi connectivity index (χ1n) is 7.69. The highest BCUT2D eigenvalue weighted by molar-refractivity contribution is 7.15. The standard InChI is InChI=1S/C17H14ClN5OS/c18-13-4-2-12(3-5-13)14-10-23-15(11-25-17(23)21-14)16(24)19-7-9-22-8-1-6-20-22/h1-6,8,10-11H,7,9H2,(H,19,24). The Morgan fingerprint density at radius 3 is 2.88 bits per heavy atom. The monoisotopic (exact) mass is 371 g/mol. The van der Waals surface area contributed by atoms with Crippen molar-refractivity contribution in [2.24, 2.45) is 0 Å². The largest absolute Gasteiger partial charge is 0.349 e. The topological polar surface area (TPSA) is 64.2 Å². The first-order valence-corrected chi connectivity index (χ1v) is 8.94. The summed E-state index contributed by atoms with van der Waals surface area (Å²) in [5, 5.41) is 9.52. The second kappa shape index (κ2) is 6.70. The van der Waals surface area contributed by atoms with Crippen molar-refractivity contribution in [3.8, 4) is 11.3 Å². The van der Waals surface area contributed by atoms with Gasteiger partial charge in [0.15, 0.2) is 4.96 Å². The highest BCUT2D eigenvalue weighted by atomic mass is 35.5. The van der Waals surface area contributed by atoms with Crippen molar-refractivity contribution >= 4 is 33.8 Å². The van der Waals surface area contributed by atoms with Crippen molar-refractivity contribution in [3.63, 3.8) is 0 Å². The van der Waals surface area contributed by atoms with Crippen molar-refractivity contribution in [1.29, 1.82) is 0 Å². The lowest BCUT2D eigenvalue weighted by atomic mass is 10.2. The van der Waals surface area contributed by atoms with Crippen LogP contribution in [0.1, 0.15) is 10.5 Å². The lowest BCUT2D eigenvalue weighted by Crippen LogP contribution is -2.28. The van der Waals surface area contributed by atoms with E-state index in [-0.39, 0.29) is 5.91 Å². The summed E-state index contributed by atoms with van der Waals surface area (Å²) in [5.74, 6) is -0.126. The zero-order chi connectivity index (χ0) is 17.2. The van der Waals surface area contributed by atoms with Gasteiger partial charge in [-0.05, 0) is 18.2 Å². The van der Waals surface area contributed by atoms with Gasteiger partial charge < -0.3 is 5.32 Å². The minimum atomic E-state index is -0.126. The van der Waals surface area contributed by atoms with Gasteiger partial charge in [0, 0.05) is 41.1 Å². The summed E-state index contributed by atoms with van der Waals surface area (Å²) >= 11 is 7.37. The molecule has 0 aliphatic heterocycles. The Morgan fingerprint density at radius 2 is 2.12 bits per heavy atom. The van der Waals surface area contributed by atoms with Gasteiger partial charge in [-0.25, -0.2) is 4.98 Å². The molecule has 1 aromatic carbocycles. The summed E-state index contributed by atoms with van der Waals surface area (Å²) in [7, 11) is 0. The molecule has 6 nitrogen and oxygen atoms in total. The third-order valence-corrected chi connectivity index (χ3v) is 4.86. The van der Waals surface area contributed by atoms with Crippen LogP contribution in [0.5, 0.6) is 0 Å². The Labute approximate surface area is 152 Å². The Morgan fingerprint density at radius 1 is 1.28 bits per heavy atom. The molecule has 0 aliphatic rings. The number of aromatic nitrogens is 4. The molecule has 4 rings (SSSR count). The van der Waals surface area contributed by atoms with Crippen LogP contribution in [0.3, 0.4) is 0 Å². The van der Waals surface area contributed by atoms with Crippen LogP contribution in [-0.4, -0.2) is 31.6 Å². The molecule has 3 heterocycles. The van der Waals surface area contributed by atoms with Gasteiger partial charge in [-0.15, -0.1) is 11.3 Å². The van der Waals surface area contributed by atoms with Gasteiger partial charge in [0.05, 0.1) is 12.2 Å². The quantitative estimate of drug-likeness (QED) is 0.585. The van der Waals surface area contributed by atoms with E-state index in [1.54, 1.807) is 10.9 Å². The predicted octanol–water partition coefficient (Wildman–Crippen LogP) is 3.34. The third kappa shape index (κ3) is 3.29. The number of hydrogen-bond donors (Lipinski definition) is 1. The number of hydrogen-bond acceptors (Lipinski definition) is 4. The molecule has 126 valence electrons. The molecule has 0 unspecified atom stereocenters. The second-order valence-corrected chi connectivity index (χ2v) is 6.70. The fourth-order valence-corrected chi connectivity index (χ4v) is 3.49. The second-order valence-electron chi connectivity index (χ2n) is 5.43. The first-order chi connectivity index (χ1) is 12.2. The van der Waals surface area contributed by atoms with E-state index in [0.29, 0.717) is 23.8 Å². The fourth-order valence-electron chi connectivity index (χ4n) is 2.51. The molecule has 0 spiro atoms. The maximum absolute atomic E-state index is 12.4. The fraction of sp³-hybridized carbons (Fsp3) is 0.118. The molecular formula is C17H14ClN5OS. The molecular weight excluding hydrogens is 358 g/mol. The lowest BCUT2D eigenvalue weighted by molar-refractivity contribution is 0.0946. The van der Waals surface area contributed by atoms with Crippen LogP contribution >= 0.6 is 22.9 Å². The van der Waals surface area contributed by atoms with Gasteiger partial charge >= 0.3 is 0 Å². The third-order valence-electron chi connectivity index (χ3n) is 3.77. The minimum absolute atomic E-state index is 0.126. The van der Waals surface area contributed by atoms with E-state index in [4.69, 9.17) is 11.6 Å². The van der Waals surface area contributed by atoms with Gasteiger partial charge in [0.2, 0.25) is 0 Å². The van der Waals surface area contributed by atoms with E-state index in [0.717, 1.165) is 16.2 Å². The van der Waals surface area contributed by atoms with Gasteiger partial charge in [0.25, 0.3) is 5.91 Å². The van der Waals surface area contributed by atoms with Crippen molar-refractivity contribution in [2.75, 3.05) is 6.54 Å². The van der Waals surface area contributed by atoms with Gasteiger partial charge in [-0.2, -0.15) is 5.10 Å². The molecule has 0 fully saturated rings. The summed E-state index contributed by atoms with van der Waals surface area (Å²) in [4.78, 5) is 17.8. The van der Waals surface area contributed by atoms with Crippen LogP contribution in [0.25, 0.3) is 16.2 Å². The van der Waals surface area contributed by atoms with Gasteiger partial charge in [0.1, 0.15) is 5.69 Å². The summed E-state index contributed by atoms with van der Waals surface area (Å²) < 4.78 is 3.59. The van der Waals surface area contributed by atoms with Crippen LogP contribution in [0.2, 0.25) is 5.02 Å². The van der Waals surface area contributed by atoms with E-state index >= 15 is 0 Å². The van der Waals surface area contributed by atoms with Crippen molar-refractivity contribution in [2.45, 2.75) is 6.54 Å². The van der Waals surface area contributed by atoms with E-state index < -0.39 is 0 Å². The number of halogens is 1. The van der Waals surface area contributed by atoms with E-state index in [1.807, 2.05) is 52.5 Å². The molecule has 0 bridgehead atoms. The number of benzene rings is 1. The smallest absolute Gasteiger partial charge is 0.269 e. The Balaban J connectivity index is 1.51. The van der Waals surface area contributed by atoms with Gasteiger partial charge in [-0.1, -0.05) is 23.7 Å². The number of thiazole rings is 1. The van der Waals surface area contributed by atoms with E-state index in [9.17, 15) is 4.79 Å². The summed E-state index contributed by atoms with van der Waals surface area (Å²) in [6, 6.07) is 9.34. The predicted molar refractivity (Wildman–Crippen MR) is 98.1 cm³/mol. The molecule has 0 atom stereocenters. The molecule has 0 saturated heterocycles. The van der Waals surface area contributed by atoms with E-state index in [1.165, 1.54) is 11.3 Å². The zero-order valence-electron chi connectivity index (χ0n) is 13.1. The Bertz CT molecular complexity index is 1000. The average molecular weight is 372 g/mol. The lowest BCUT2D eigenvalue weighted by Gasteiger charge is -2.04. The number of nitrogens with one attached hydrogen (secondary N) is 1. The van der Waals surface area contributed by atoms with Crippen LogP contribution in [0.4, 0.5) is 0 Å². The van der Waals surface area contributed by atoms with Crippen molar-refractivity contribution < 1.29 is 4.79 Å². The van der Waals surface area contributed by atoms with E-state index in [2.05, 4.69) is 15.4 Å². The number of amides is 1. The molecule has 1 N–H and O–H groups in total. The van der Waals surface area contributed by atoms with Crippen LogP contribution in [0, 0.1) is 0 Å². The van der Waals surface area contributed by atoms with Crippen molar-refractivity contribution in [1.82, 2.24) is 24.5 Å². The SMILES string of the molecule is O=C(NCCn1cccn1)c1csc2nc(-c3ccc(Cl)cc3)cn12. The normalized spacial score (nSPS) is 11.1. The molecule has 25 heavy (non-hydrogen) atoms. The summed E-state index contributed by atoms with van der Waals surface area (Å²) in [6.07, 6.45) is 5.45. The Kier molecular flexibility index (Phi) is 4.25. The number of carbonyl (C=O) groups is 1. The average Bonchev–Trinajstić information content (AvgIpc) is 3.32. The van der Waals surface area contributed by atoms with Crippen LogP contribution in [0.15, 0.2) is 54.3 Å². The molecule has 0 radical (unpaired) electrons. The Hall–Kier alpha value is -2.64. The van der Waals surface area contributed by atoms with Crippen molar-refractivity contribution in [3.05, 3.63) is 65.0 Å². The summed E-state index contributed by atoms with van der Waals surface area (Å²) in [6.45, 7) is 1.14. The van der Waals surface area contributed by atoms with Crippen LogP contribution in [-0.2, 0) is 6.54 Å². The molecule has 3 aromatic heterocycles. The number of rotatable bonds is 5. The number of fused-ring (bicyclic) bond motifs is 1. The first kappa shape index (κ1) is 15.9. The molecule has 0 saturated carbocycles.